The first-order chi connectivity index (χ1) is 9.10. The molecule has 0 spiro atoms. The lowest BCUT2D eigenvalue weighted by Crippen LogP contribution is -2.27. The zero-order valence-corrected chi connectivity index (χ0v) is 11.4. The first-order valence-corrected chi connectivity index (χ1v) is 6.62. The van der Waals surface area contributed by atoms with Gasteiger partial charge in [-0.15, -0.1) is 0 Å². The number of esters is 1. The molecule has 3 rings (SSSR count). The van der Waals surface area contributed by atoms with E-state index in [1.807, 2.05) is 32.0 Å². The highest BCUT2D eigenvalue weighted by molar-refractivity contribution is 5.81. The van der Waals surface area contributed by atoms with Crippen molar-refractivity contribution >= 4 is 5.97 Å². The summed E-state index contributed by atoms with van der Waals surface area (Å²) in [6.07, 6.45) is 0.743. The predicted molar refractivity (Wildman–Crippen MR) is 69.2 cm³/mol. The van der Waals surface area contributed by atoms with Gasteiger partial charge >= 0.3 is 5.97 Å². The molecule has 0 radical (unpaired) electrons. The average Bonchev–Trinajstić information content (AvgIpc) is 3.09. The van der Waals surface area contributed by atoms with E-state index in [2.05, 4.69) is 0 Å². The number of hydrogen-bond donors (Lipinski definition) is 0. The molecule has 0 amide bonds. The Labute approximate surface area is 112 Å². The molecule has 0 aromatic heterocycles. The lowest BCUT2D eigenvalue weighted by atomic mass is 9.77. The molecule has 1 saturated heterocycles. The van der Waals surface area contributed by atoms with Gasteiger partial charge in [0, 0.05) is 5.56 Å². The van der Waals surface area contributed by atoms with Crippen molar-refractivity contribution in [3.8, 4) is 5.75 Å². The summed E-state index contributed by atoms with van der Waals surface area (Å²) in [5.41, 5.74) is 1.77. The van der Waals surface area contributed by atoms with Gasteiger partial charge in [-0.3, -0.25) is 4.79 Å². The van der Waals surface area contributed by atoms with E-state index < -0.39 is 0 Å². The molecule has 4 heteroatoms. The van der Waals surface area contributed by atoms with Gasteiger partial charge in [-0.25, -0.2) is 0 Å². The second kappa shape index (κ2) is 4.23. The number of carbonyl (C=O) groups is 1. The fourth-order valence-electron chi connectivity index (χ4n) is 3.07. The van der Waals surface area contributed by atoms with E-state index >= 15 is 0 Å². The molecule has 1 aromatic carbocycles. The highest BCUT2D eigenvalue weighted by Crippen LogP contribution is 2.61. The maximum atomic E-state index is 12.2. The number of methoxy groups -OCH3 is 1. The van der Waals surface area contributed by atoms with Crippen molar-refractivity contribution in [3.63, 3.8) is 0 Å². The van der Waals surface area contributed by atoms with Crippen molar-refractivity contribution in [2.75, 3.05) is 13.7 Å². The third kappa shape index (κ3) is 1.82. The Morgan fingerprint density at radius 2 is 2.32 bits per heavy atom. The Hall–Kier alpha value is -1.55. The highest BCUT2D eigenvalue weighted by atomic mass is 16.6. The monoisotopic (exact) mass is 262 g/mol. The van der Waals surface area contributed by atoms with Gasteiger partial charge in [0.05, 0.1) is 25.2 Å². The summed E-state index contributed by atoms with van der Waals surface area (Å²) in [6.45, 7) is 4.26. The molecular weight excluding hydrogens is 244 g/mol. The van der Waals surface area contributed by atoms with E-state index in [0.29, 0.717) is 13.0 Å². The van der Waals surface area contributed by atoms with Gasteiger partial charge in [-0.1, -0.05) is 12.1 Å². The molecule has 1 aliphatic heterocycles. The van der Waals surface area contributed by atoms with Gasteiger partial charge in [0.25, 0.3) is 0 Å². The Morgan fingerprint density at radius 3 is 3.00 bits per heavy atom. The normalized spacial score (nSPS) is 31.1. The molecule has 3 atom stereocenters. The number of hydrogen-bond acceptors (Lipinski definition) is 4. The zero-order valence-electron chi connectivity index (χ0n) is 11.4. The Bertz CT molecular complexity index is 525. The highest BCUT2D eigenvalue weighted by Gasteiger charge is 2.60. The van der Waals surface area contributed by atoms with E-state index in [9.17, 15) is 4.79 Å². The molecule has 0 unspecified atom stereocenters. The van der Waals surface area contributed by atoms with E-state index in [-0.39, 0.29) is 23.6 Å². The van der Waals surface area contributed by atoms with Crippen LogP contribution in [0, 0.1) is 0 Å². The van der Waals surface area contributed by atoms with Crippen molar-refractivity contribution in [2.45, 2.75) is 37.9 Å². The fraction of sp³-hybridized carbons (Fsp3) is 0.533. The predicted octanol–water partition coefficient (Wildman–Crippen LogP) is 2.58. The van der Waals surface area contributed by atoms with E-state index in [0.717, 1.165) is 16.9 Å². The molecule has 0 saturated carbocycles. The largest absolute Gasteiger partial charge is 0.496 e. The molecule has 1 fully saturated rings. The topological polar surface area (TPSA) is 48.1 Å². The number of benzene rings is 1. The quantitative estimate of drug-likeness (QED) is 0.620. The van der Waals surface area contributed by atoms with Gasteiger partial charge in [-0.05, 0) is 31.9 Å². The Kier molecular flexibility index (Phi) is 2.78. The third-order valence-corrected chi connectivity index (χ3v) is 4.02. The maximum absolute atomic E-state index is 12.2. The van der Waals surface area contributed by atoms with Crippen molar-refractivity contribution in [3.05, 3.63) is 29.3 Å². The number of carbonyl (C=O) groups excluding carboxylic acids is 1. The molecule has 4 nitrogen and oxygen atoms in total. The minimum atomic E-state index is -0.296. The van der Waals surface area contributed by atoms with E-state index in [4.69, 9.17) is 14.2 Å². The molecule has 102 valence electrons. The summed E-state index contributed by atoms with van der Waals surface area (Å²) in [7, 11) is 1.62. The molecule has 2 aliphatic rings. The van der Waals surface area contributed by atoms with Crippen LogP contribution in [0.5, 0.6) is 5.75 Å². The Morgan fingerprint density at radius 1 is 1.53 bits per heavy atom. The molecule has 1 heterocycles. The minimum absolute atomic E-state index is 0.0864. The van der Waals surface area contributed by atoms with Gasteiger partial charge < -0.3 is 14.2 Å². The first-order valence-electron chi connectivity index (χ1n) is 6.62. The van der Waals surface area contributed by atoms with Gasteiger partial charge in [-0.2, -0.15) is 0 Å². The van der Waals surface area contributed by atoms with E-state index in [1.54, 1.807) is 7.11 Å². The van der Waals surface area contributed by atoms with Crippen LogP contribution in [0.3, 0.4) is 0 Å². The number of ether oxygens (including phenoxy) is 3. The number of epoxide rings is 1. The molecule has 19 heavy (non-hydrogen) atoms. The van der Waals surface area contributed by atoms with Gasteiger partial charge in [0.15, 0.2) is 0 Å². The van der Waals surface area contributed by atoms with Gasteiger partial charge in [0.1, 0.15) is 11.9 Å². The molecule has 1 aromatic rings. The minimum Gasteiger partial charge on any atom is -0.496 e. The Balaban J connectivity index is 2.07. The van der Waals surface area contributed by atoms with Crippen molar-refractivity contribution in [2.24, 2.45) is 0 Å². The van der Waals surface area contributed by atoms with Crippen molar-refractivity contribution in [1.29, 1.82) is 0 Å². The summed E-state index contributed by atoms with van der Waals surface area (Å²) in [5, 5.41) is 0. The van der Waals surface area contributed by atoms with E-state index in [1.165, 1.54) is 0 Å². The summed E-state index contributed by atoms with van der Waals surface area (Å²) in [4.78, 5) is 12.2. The van der Waals surface area contributed by atoms with Crippen LogP contribution in [-0.2, 0) is 14.3 Å². The lowest BCUT2D eigenvalue weighted by Gasteiger charge is -2.26. The van der Waals surface area contributed by atoms with Crippen molar-refractivity contribution < 1.29 is 19.0 Å². The lowest BCUT2D eigenvalue weighted by molar-refractivity contribution is -0.145. The SMILES string of the molecule is CCOC(=O)[C@H]1C[C@@]2(C)O[C@H]2c2cccc(OC)c21. The molecule has 0 N–H and O–H groups in total. The van der Waals surface area contributed by atoms with Crippen molar-refractivity contribution in [1.82, 2.24) is 0 Å². The smallest absolute Gasteiger partial charge is 0.313 e. The van der Waals surface area contributed by atoms with Crippen LogP contribution in [0.1, 0.15) is 43.4 Å². The fourth-order valence-corrected chi connectivity index (χ4v) is 3.07. The summed E-state index contributed by atoms with van der Waals surface area (Å²) in [5.74, 6) is 0.256. The second-order valence-electron chi connectivity index (χ2n) is 5.28. The maximum Gasteiger partial charge on any atom is 0.313 e. The third-order valence-electron chi connectivity index (χ3n) is 4.02. The van der Waals surface area contributed by atoms with Gasteiger partial charge in [0.2, 0.25) is 0 Å². The average molecular weight is 262 g/mol. The van der Waals surface area contributed by atoms with Crippen LogP contribution in [0.2, 0.25) is 0 Å². The molecular formula is C15H18O4. The second-order valence-corrected chi connectivity index (χ2v) is 5.28. The first kappa shape index (κ1) is 12.5. The van der Waals surface area contributed by atoms with Crippen LogP contribution in [-0.4, -0.2) is 25.3 Å². The molecule has 1 aliphatic carbocycles. The van der Waals surface area contributed by atoms with Crippen LogP contribution in [0.4, 0.5) is 0 Å². The zero-order chi connectivity index (χ0) is 13.6. The summed E-state index contributed by atoms with van der Waals surface area (Å²) in [6, 6.07) is 5.84. The summed E-state index contributed by atoms with van der Waals surface area (Å²) < 4.78 is 16.4. The van der Waals surface area contributed by atoms with Crippen LogP contribution >= 0.6 is 0 Å². The number of fused-ring (bicyclic) bond motifs is 3. The van der Waals surface area contributed by atoms with Crippen LogP contribution < -0.4 is 4.74 Å². The summed E-state index contributed by atoms with van der Waals surface area (Å²) >= 11 is 0. The molecule has 0 bridgehead atoms. The number of rotatable bonds is 3. The van der Waals surface area contributed by atoms with Crippen LogP contribution in [0.25, 0.3) is 0 Å². The van der Waals surface area contributed by atoms with Crippen LogP contribution in [0.15, 0.2) is 18.2 Å². The standard InChI is InChI=1S/C15H18O4/c1-4-18-14(16)10-8-15(2)13(19-15)9-6-5-7-11(17-3)12(9)10/h5-7,10,13H,4,8H2,1-3H3/t10-,13-,15+/m0/s1.